The van der Waals surface area contributed by atoms with Crippen molar-refractivity contribution >= 4 is 5.69 Å². The molecule has 0 unspecified atom stereocenters. The number of alkyl halides is 3. The fourth-order valence-electron chi connectivity index (χ4n) is 1.64. The summed E-state index contributed by atoms with van der Waals surface area (Å²) in [5.41, 5.74) is 3.49. The summed E-state index contributed by atoms with van der Waals surface area (Å²) >= 11 is 0. The molecule has 1 aromatic rings. The summed E-state index contributed by atoms with van der Waals surface area (Å²) in [5, 5.41) is 0. The maximum Gasteiger partial charge on any atom is 0.418 e. The molecule has 18 heavy (non-hydrogen) atoms. The van der Waals surface area contributed by atoms with Gasteiger partial charge in [0.1, 0.15) is 5.82 Å². The van der Waals surface area contributed by atoms with Crippen LogP contribution in [-0.4, -0.2) is 0 Å². The molecule has 0 aliphatic rings. The monoisotopic (exact) mass is 265 g/mol. The molecule has 104 valence electrons. The number of nitrogen functional groups attached to an aromatic ring is 1. The van der Waals surface area contributed by atoms with Crippen LogP contribution in [0, 0.1) is 12.7 Å². The van der Waals surface area contributed by atoms with Crippen LogP contribution in [0.25, 0.3) is 0 Å². The molecule has 2 N–H and O–H groups in total. The lowest BCUT2D eigenvalue weighted by Gasteiger charge is -2.17. The molecule has 0 heterocycles. The molecule has 0 bridgehead atoms. The molecule has 5 heteroatoms. The van der Waals surface area contributed by atoms with Crippen LogP contribution in [0.4, 0.5) is 23.2 Å². The molecule has 0 aliphatic carbocycles. The van der Waals surface area contributed by atoms with Crippen LogP contribution in [0.5, 0.6) is 0 Å². The summed E-state index contributed by atoms with van der Waals surface area (Å²) in [7, 11) is 0. The van der Waals surface area contributed by atoms with Crippen molar-refractivity contribution in [1.82, 2.24) is 0 Å². The van der Waals surface area contributed by atoms with Gasteiger partial charge in [-0.2, -0.15) is 13.2 Å². The first-order valence-electron chi connectivity index (χ1n) is 5.82. The Balaban J connectivity index is 0.00000137. The number of anilines is 1. The van der Waals surface area contributed by atoms with Crippen LogP contribution in [0.2, 0.25) is 0 Å². The number of aryl methyl sites for hydroxylation is 1. The van der Waals surface area contributed by atoms with Crippen molar-refractivity contribution in [3.05, 3.63) is 28.6 Å². The van der Waals surface area contributed by atoms with E-state index < -0.39 is 23.2 Å². The van der Waals surface area contributed by atoms with E-state index in [0.29, 0.717) is 0 Å². The molecular formula is C13H19F4N. The highest BCUT2D eigenvalue weighted by Gasteiger charge is 2.36. The molecule has 0 radical (unpaired) electrons. The van der Waals surface area contributed by atoms with Gasteiger partial charge < -0.3 is 5.73 Å². The molecule has 0 aliphatic heterocycles. The first kappa shape index (κ1) is 16.7. The van der Waals surface area contributed by atoms with Crippen LogP contribution in [-0.2, 0) is 6.18 Å². The van der Waals surface area contributed by atoms with Crippen molar-refractivity contribution < 1.29 is 17.6 Å². The predicted octanol–water partition coefficient (Wildman–Crippen LogP) is 4.88. The van der Waals surface area contributed by atoms with E-state index in [1.807, 2.05) is 13.8 Å². The van der Waals surface area contributed by atoms with E-state index in [1.54, 1.807) is 13.8 Å². The van der Waals surface area contributed by atoms with Crippen LogP contribution >= 0.6 is 0 Å². The van der Waals surface area contributed by atoms with E-state index in [4.69, 9.17) is 5.73 Å². The maximum absolute atomic E-state index is 13.6. The largest absolute Gasteiger partial charge is 0.418 e. The van der Waals surface area contributed by atoms with E-state index in [9.17, 15) is 17.6 Å². The number of rotatable bonds is 1. The molecule has 0 saturated carbocycles. The summed E-state index contributed by atoms with van der Waals surface area (Å²) in [6, 6.07) is 1.21. The third kappa shape index (κ3) is 3.37. The molecule has 0 aromatic heterocycles. The van der Waals surface area contributed by atoms with Gasteiger partial charge in [0.2, 0.25) is 0 Å². The van der Waals surface area contributed by atoms with Crippen molar-refractivity contribution in [3.8, 4) is 0 Å². The Bertz CT molecular complexity index is 408. The minimum Gasteiger partial charge on any atom is -0.396 e. The highest BCUT2D eigenvalue weighted by atomic mass is 19.4. The molecule has 0 fully saturated rings. The van der Waals surface area contributed by atoms with E-state index in [2.05, 4.69) is 0 Å². The van der Waals surface area contributed by atoms with Gasteiger partial charge in [0.25, 0.3) is 0 Å². The zero-order valence-electron chi connectivity index (χ0n) is 11.2. The highest BCUT2D eigenvalue weighted by molar-refractivity contribution is 5.56. The number of halogens is 4. The van der Waals surface area contributed by atoms with Gasteiger partial charge in [-0.15, -0.1) is 0 Å². The van der Waals surface area contributed by atoms with Crippen LogP contribution < -0.4 is 5.73 Å². The van der Waals surface area contributed by atoms with Crippen molar-refractivity contribution in [2.24, 2.45) is 0 Å². The number of hydrogen-bond acceptors (Lipinski definition) is 1. The van der Waals surface area contributed by atoms with Gasteiger partial charge in [-0.1, -0.05) is 33.8 Å². The van der Waals surface area contributed by atoms with Gasteiger partial charge in [-0.25, -0.2) is 4.39 Å². The van der Waals surface area contributed by atoms with Gasteiger partial charge in [-0.3, -0.25) is 0 Å². The SMILES string of the molecule is CC.Cc1cc(C(C)C)c(F)c(N)c1C(F)(F)F. The molecule has 0 spiro atoms. The molecular weight excluding hydrogens is 246 g/mol. The number of hydrogen-bond donors (Lipinski definition) is 1. The Hall–Kier alpha value is -1.26. The Morgan fingerprint density at radius 2 is 1.61 bits per heavy atom. The lowest BCUT2D eigenvalue weighted by molar-refractivity contribution is -0.137. The Morgan fingerprint density at radius 1 is 1.17 bits per heavy atom. The topological polar surface area (TPSA) is 26.0 Å². The number of benzene rings is 1. The Labute approximate surface area is 105 Å². The fourth-order valence-corrected chi connectivity index (χ4v) is 1.64. The standard InChI is InChI=1S/C11H13F4N.C2H6/c1-5(2)7-4-6(3)8(11(13,14)15)10(16)9(7)12;1-2/h4-5H,16H2,1-3H3;1-2H3. The summed E-state index contributed by atoms with van der Waals surface area (Å²) in [6.07, 6.45) is -4.62. The van der Waals surface area contributed by atoms with E-state index in [1.165, 1.54) is 13.0 Å². The van der Waals surface area contributed by atoms with Gasteiger partial charge in [0, 0.05) is 0 Å². The van der Waals surface area contributed by atoms with Crippen LogP contribution in [0.1, 0.15) is 50.3 Å². The summed E-state index contributed by atoms with van der Waals surface area (Å²) < 4.78 is 51.3. The van der Waals surface area contributed by atoms with Crippen molar-refractivity contribution in [2.75, 3.05) is 5.73 Å². The first-order valence-corrected chi connectivity index (χ1v) is 5.82. The summed E-state index contributed by atoms with van der Waals surface area (Å²) in [5.74, 6) is -1.17. The summed E-state index contributed by atoms with van der Waals surface area (Å²) in [4.78, 5) is 0. The van der Waals surface area contributed by atoms with E-state index in [0.717, 1.165) is 0 Å². The van der Waals surface area contributed by atoms with Crippen LogP contribution in [0.15, 0.2) is 6.07 Å². The molecule has 0 atom stereocenters. The third-order valence-corrected chi connectivity index (χ3v) is 2.43. The fraction of sp³-hybridized carbons (Fsp3) is 0.538. The van der Waals surface area contributed by atoms with Gasteiger partial charge in [-0.05, 0) is 24.0 Å². The second-order valence-electron chi connectivity index (χ2n) is 4.04. The van der Waals surface area contributed by atoms with Gasteiger partial charge in [0.15, 0.2) is 0 Å². The predicted molar refractivity (Wildman–Crippen MR) is 66.0 cm³/mol. The lowest BCUT2D eigenvalue weighted by Crippen LogP contribution is -2.14. The van der Waals surface area contributed by atoms with E-state index >= 15 is 0 Å². The molecule has 1 aromatic carbocycles. The second kappa shape index (κ2) is 6.07. The van der Waals surface area contributed by atoms with Gasteiger partial charge in [0.05, 0.1) is 11.3 Å². The Kier molecular flexibility index (Phi) is 5.64. The third-order valence-electron chi connectivity index (χ3n) is 2.43. The molecule has 0 amide bonds. The van der Waals surface area contributed by atoms with Gasteiger partial charge >= 0.3 is 6.18 Å². The second-order valence-corrected chi connectivity index (χ2v) is 4.04. The van der Waals surface area contributed by atoms with Crippen molar-refractivity contribution in [2.45, 2.75) is 46.7 Å². The first-order chi connectivity index (χ1) is 8.16. The minimum absolute atomic E-state index is 0.0462. The lowest BCUT2D eigenvalue weighted by atomic mass is 9.95. The quantitative estimate of drug-likeness (QED) is 0.568. The van der Waals surface area contributed by atoms with Crippen LogP contribution in [0.3, 0.4) is 0 Å². The average molecular weight is 265 g/mol. The highest BCUT2D eigenvalue weighted by Crippen LogP contribution is 2.39. The molecule has 1 nitrogen and oxygen atoms in total. The minimum atomic E-state index is -4.62. The van der Waals surface area contributed by atoms with Crippen molar-refractivity contribution in [1.29, 1.82) is 0 Å². The molecule has 0 saturated heterocycles. The smallest absolute Gasteiger partial charge is 0.396 e. The zero-order chi connectivity index (χ0) is 14.7. The maximum atomic E-state index is 13.6. The Morgan fingerprint density at radius 3 is 1.94 bits per heavy atom. The number of nitrogens with two attached hydrogens (primary N) is 1. The van der Waals surface area contributed by atoms with Crippen molar-refractivity contribution in [3.63, 3.8) is 0 Å². The molecule has 1 rings (SSSR count). The van der Waals surface area contributed by atoms with E-state index in [-0.39, 0.29) is 17.0 Å². The summed E-state index contributed by atoms with van der Waals surface area (Å²) in [6.45, 7) is 8.68. The normalized spacial score (nSPS) is 11.2. The average Bonchev–Trinajstić information content (AvgIpc) is 2.24. The zero-order valence-corrected chi connectivity index (χ0v) is 11.2.